The van der Waals surface area contributed by atoms with Gasteiger partial charge in [-0.15, -0.1) is 0 Å². The van der Waals surface area contributed by atoms with Gasteiger partial charge in [0.25, 0.3) is 5.91 Å². The third-order valence-electron chi connectivity index (χ3n) is 5.60. The van der Waals surface area contributed by atoms with Crippen LogP contribution in [0.3, 0.4) is 0 Å². The van der Waals surface area contributed by atoms with Crippen molar-refractivity contribution in [3.63, 3.8) is 0 Å². The van der Waals surface area contributed by atoms with Crippen molar-refractivity contribution in [2.75, 3.05) is 27.2 Å². The normalized spacial score (nSPS) is 11.6. The molecule has 0 radical (unpaired) electrons. The lowest BCUT2D eigenvalue weighted by Gasteiger charge is -2.19. The van der Waals surface area contributed by atoms with Crippen LogP contribution in [0.1, 0.15) is 15.9 Å². The first kappa shape index (κ1) is 25.5. The van der Waals surface area contributed by atoms with Crippen LogP contribution in [0.15, 0.2) is 79.0 Å². The minimum absolute atomic E-state index is 0.0257. The average molecular weight is 513 g/mol. The standard InChI is InChI=1S/C27H24ClF3N4O/c1-34(2)16-15-32-26(36)19-9-12-22(33-17-19)25-14-13-23(18-7-10-20(28)11-8-18)35(25)24-6-4-3-5-21(24)27(29,30)31/h3-14,17H,15-16H2,1-2H3,(H,32,36). The quantitative estimate of drug-likeness (QED) is 0.322. The number of benzene rings is 2. The molecule has 0 aliphatic rings. The second-order valence-corrected chi connectivity index (χ2v) is 8.89. The molecule has 9 heteroatoms. The topological polar surface area (TPSA) is 50.2 Å². The number of alkyl halides is 3. The van der Waals surface area contributed by atoms with Crippen LogP contribution < -0.4 is 5.32 Å². The summed E-state index contributed by atoms with van der Waals surface area (Å²) >= 11 is 6.03. The van der Waals surface area contributed by atoms with Crippen molar-refractivity contribution in [2.24, 2.45) is 0 Å². The number of halogens is 4. The Kier molecular flexibility index (Phi) is 7.47. The average Bonchev–Trinajstić information content (AvgIpc) is 3.29. The van der Waals surface area contributed by atoms with Gasteiger partial charge in [0, 0.05) is 24.3 Å². The van der Waals surface area contributed by atoms with Gasteiger partial charge in [-0.3, -0.25) is 9.78 Å². The predicted molar refractivity (Wildman–Crippen MR) is 135 cm³/mol. The third-order valence-corrected chi connectivity index (χ3v) is 5.86. The summed E-state index contributed by atoms with van der Waals surface area (Å²) in [6.45, 7) is 1.17. The zero-order chi connectivity index (χ0) is 25.9. The van der Waals surface area contributed by atoms with Gasteiger partial charge in [0.2, 0.25) is 0 Å². The van der Waals surface area contributed by atoms with Crippen molar-refractivity contribution in [1.29, 1.82) is 0 Å². The van der Waals surface area contributed by atoms with E-state index in [1.54, 1.807) is 54.6 Å². The Labute approximate surface area is 212 Å². The van der Waals surface area contributed by atoms with Gasteiger partial charge in [-0.05, 0) is 68.2 Å². The highest BCUT2D eigenvalue weighted by molar-refractivity contribution is 6.30. The first-order valence-corrected chi connectivity index (χ1v) is 11.6. The van der Waals surface area contributed by atoms with E-state index in [1.807, 2.05) is 19.0 Å². The molecule has 4 rings (SSSR count). The number of pyridine rings is 1. The molecule has 2 aromatic carbocycles. The van der Waals surface area contributed by atoms with Crippen LogP contribution in [0.2, 0.25) is 5.02 Å². The number of aromatic nitrogens is 2. The molecule has 0 saturated carbocycles. The van der Waals surface area contributed by atoms with Gasteiger partial charge < -0.3 is 14.8 Å². The summed E-state index contributed by atoms with van der Waals surface area (Å²) in [5.41, 5.74) is 1.69. The number of rotatable bonds is 7. The van der Waals surface area contributed by atoms with Crippen molar-refractivity contribution >= 4 is 17.5 Å². The molecule has 0 spiro atoms. The molecule has 1 N–H and O–H groups in total. The number of carbonyl (C=O) groups is 1. The summed E-state index contributed by atoms with van der Waals surface area (Å²) in [5.74, 6) is -0.268. The molecule has 1 amide bonds. The Morgan fingerprint density at radius 3 is 2.31 bits per heavy atom. The van der Waals surface area contributed by atoms with E-state index in [-0.39, 0.29) is 11.6 Å². The predicted octanol–water partition coefficient (Wildman–Crippen LogP) is 6.17. The Hall–Kier alpha value is -3.62. The van der Waals surface area contributed by atoms with Crippen molar-refractivity contribution in [1.82, 2.24) is 19.8 Å². The van der Waals surface area contributed by atoms with E-state index in [9.17, 15) is 18.0 Å². The molecule has 0 atom stereocenters. The first-order chi connectivity index (χ1) is 17.1. The van der Waals surface area contributed by atoms with E-state index in [2.05, 4.69) is 10.3 Å². The van der Waals surface area contributed by atoms with Crippen LogP contribution in [-0.4, -0.2) is 47.5 Å². The van der Waals surface area contributed by atoms with Crippen molar-refractivity contribution in [3.05, 3.63) is 95.1 Å². The van der Waals surface area contributed by atoms with E-state index in [0.29, 0.717) is 46.3 Å². The van der Waals surface area contributed by atoms with E-state index >= 15 is 0 Å². The molecule has 0 aliphatic carbocycles. The summed E-state index contributed by atoms with van der Waals surface area (Å²) in [6, 6.07) is 19.0. The van der Waals surface area contributed by atoms with Crippen molar-refractivity contribution in [3.8, 4) is 28.3 Å². The molecule has 2 heterocycles. The molecular weight excluding hydrogens is 489 g/mol. The Bertz CT molecular complexity index is 1350. The van der Waals surface area contributed by atoms with Crippen LogP contribution in [0.25, 0.3) is 28.3 Å². The van der Waals surface area contributed by atoms with Gasteiger partial charge >= 0.3 is 6.18 Å². The smallest absolute Gasteiger partial charge is 0.351 e. The zero-order valence-electron chi connectivity index (χ0n) is 19.7. The van der Waals surface area contributed by atoms with Gasteiger partial charge in [-0.1, -0.05) is 35.9 Å². The van der Waals surface area contributed by atoms with Crippen LogP contribution in [-0.2, 0) is 6.18 Å². The largest absolute Gasteiger partial charge is 0.418 e. The van der Waals surface area contributed by atoms with Crippen LogP contribution in [0.4, 0.5) is 13.2 Å². The second-order valence-electron chi connectivity index (χ2n) is 8.45. The number of hydrogen-bond acceptors (Lipinski definition) is 3. The summed E-state index contributed by atoms with van der Waals surface area (Å²) < 4.78 is 43.4. The highest BCUT2D eigenvalue weighted by atomic mass is 35.5. The SMILES string of the molecule is CN(C)CCNC(=O)c1ccc(-c2ccc(-c3ccc(Cl)cc3)n2-c2ccccc2C(F)(F)F)nc1. The third kappa shape index (κ3) is 5.61. The molecule has 5 nitrogen and oxygen atoms in total. The van der Waals surface area contributed by atoms with Gasteiger partial charge in [0.1, 0.15) is 0 Å². The van der Waals surface area contributed by atoms with Gasteiger partial charge in [0.15, 0.2) is 0 Å². The van der Waals surface area contributed by atoms with Crippen LogP contribution in [0, 0.1) is 0 Å². The number of amides is 1. The van der Waals surface area contributed by atoms with Gasteiger partial charge in [-0.2, -0.15) is 13.2 Å². The molecular formula is C27H24ClF3N4O. The first-order valence-electron chi connectivity index (χ1n) is 11.2. The highest BCUT2D eigenvalue weighted by Crippen LogP contribution is 2.39. The Balaban J connectivity index is 1.79. The fourth-order valence-corrected chi connectivity index (χ4v) is 3.95. The molecule has 186 valence electrons. The number of nitrogens with one attached hydrogen (secondary N) is 1. The fraction of sp³-hybridized carbons (Fsp3) is 0.185. The molecule has 4 aromatic rings. The number of likely N-dealkylation sites (N-methyl/N-ethyl adjacent to an activating group) is 1. The van der Waals surface area contributed by atoms with Crippen molar-refractivity contribution < 1.29 is 18.0 Å². The number of hydrogen-bond donors (Lipinski definition) is 1. The zero-order valence-corrected chi connectivity index (χ0v) is 20.4. The fourth-order valence-electron chi connectivity index (χ4n) is 3.83. The minimum atomic E-state index is -4.56. The van der Waals surface area contributed by atoms with E-state index in [4.69, 9.17) is 11.6 Å². The lowest BCUT2D eigenvalue weighted by atomic mass is 10.1. The van der Waals surface area contributed by atoms with E-state index < -0.39 is 11.7 Å². The molecule has 0 bridgehead atoms. The molecule has 0 unspecified atom stereocenters. The molecule has 36 heavy (non-hydrogen) atoms. The summed E-state index contributed by atoms with van der Waals surface area (Å²) in [5, 5.41) is 3.34. The lowest BCUT2D eigenvalue weighted by Crippen LogP contribution is -2.31. The van der Waals surface area contributed by atoms with Gasteiger partial charge in [0.05, 0.1) is 33.9 Å². The highest BCUT2D eigenvalue weighted by Gasteiger charge is 2.34. The molecule has 2 aromatic heterocycles. The van der Waals surface area contributed by atoms with Crippen LogP contribution in [0.5, 0.6) is 0 Å². The van der Waals surface area contributed by atoms with Crippen LogP contribution >= 0.6 is 11.6 Å². The van der Waals surface area contributed by atoms with Crippen molar-refractivity contribution in [2.45, 2.75) is 6.18 Å². The summed E-state index contributed by atoms with van der Waals surface area (Å²) in [4.78, 5) is 18.8. The monoisotopic (exact) mass is 512 g/mol. The van der Waals surface area contributed by atoms with E-state index in [1.165, 1.54) is 22.9 Å². The molecule has 0 saturated heterocycles. The van der Waals surface area contributed by atoms with E-state index in [0.717, 1.165) is 6.07 Å². The Morgan fingerprint density at radius 1 is 0.972 bits per heavy atom. The number of para-hydroxylation sites is 1. The number of carbonyl (C=O) groups excluding carboxylic acids is 1. The lowest BCUT2D eigenvalue weighted by molar-refractivity contribution is -0.137. The maximum absolute atomic E-state index is 14.0. The van der Waals surface area contributed by atoms with Gasteiger partial charge in [-0.25, -0.2) is 0 Å². The second kappa shape index (κ2) is 10.6. The number of nitrogens with zero attached hydrogens (tertiary/aromatic N) is 3. The maximum atomic E-state index is 14.0. The summed E-state index contributed by atoms with van der Waals surface area (Å²) in [6.07, 6.45) is -3.13. The Morgan fingerprint density at radius 2 is 1.67 bits per heavy atom. The molecule has 0 aliphatic heterocycles. The molecule has 0 fully saturated rings. The summed E-state index contributed by atoms with van der Waals surface area (Å²) in [7, 11) is 3.82. The minimum Gasteiger partial charge on any atom is -0.351 e. The maximum Gasteiger partial charge on any atom is 0.418 e.